The van der Waals surface area contributed by atoms with Gasteiger partial charge in [-0.15, -0.1) is 11.3 Å². The number of halogens is 1. The molecule has 0 radical (unpaired) electrons. The highest BCUT2D eigenvalue weighted by molar-refractivity contribution is 7.13. The van der Waals surface area contributed by atoms with Crippen LogP contribution in [-0.4, -0.2) is 16.1 Å². The molecule has 3 nitrogen and oxygen atoms in total. The summed E-state index contributed by atoms with van der Waals surface area (Å²) in [6.45, 7) is 0. The Labute approximate surface area is 118 Å². The molecule has 0 saturated carbocycles. The van der Waals surface area contributed by atoms with Crippen LogP contribution in [0.25, 0.3) is 21.5 Å². The summed E-state index contributed by atoms with van der Waals surface area (Å²) in [5.74, 6) is -0.848. The van der Waals surface area contributed by atoms with E-state index in [2.05, 4.69) is 4.98 Å². The van der Waals surface area contributed by atoms with Gasteiger partial charge in [-0.3, -0.25) is 4.79 Å². The Balaban J connectivity index is 2.31. The molecule has 0 unspecified atom stereocenters. The summed E-state index contributed by atoms with van der Waals surface area (Å²) in [5.41, 5.74) is 2.43. The summed E-state index contributed by atoms with van der Waals surface area (Å²) in [4.78, 5) is 15.3. The lowest BCUT2D eigenvalue weighted by molar-refractivity contribution is -0.136. The fourth-order valence-corrected chi connectivity index (χ4v) is 3.18. The maximum Gasteiger partial charge on any atom is 0.307 e. The number of benzene rings is 1. The van der Waals surface area contributed by atoms with Crippen molar-refractivity contribution in [1.29, 1.82) is 0 Å². The van der Waals surface area contributed by atoms with Crippen molar-refractivity contribution in [3.05, 3.63) is 46.3 Å². The number of aromatic amines is 1. The molecule has 19 heavy (non-hydrogen) atoms. The molecule has 0 aliphatic carbocycles. The number of aliphatic carboxylic acids is 1. The van der Waals surface area contributed by atoms with Crippen molar-refractivity contribution in [2.24, 2.45) is 0 Å². The Kier molecular flexibility index (Phi) is 3.05. The van der Waals surface area contributed by atoms with Gasteiger partial charge in [-0.25, -0.2) is 0 Å². The number of rotatable bonds is 3. The van der Waals surface area contributed by atoms with Crippen LogP contribution in [-0.2, 0) is 11.2 Å². The van der Waals surface area contributed by atoms with Crippen LogP contribution in [0.5, 0.6) is 0 Å². The maximum atomic E-state index is 11.1. The highest BCUT2D eigenvalue weighted by atomic mass is 35.5. The van der Waals surface area contributed by atoms with E-state index >= 15 is 0 Å². The molecule has 0 amide bonds. The van der Waals surface area contributed by atoms with Crippen molar-refractivity contribution < 1.29 is 9.90 Å². The fourth-order valence-electron chi connectivity index (χ4n) is 2.20. The van der Waals surface area contributed by atoms with Crippen LogP contribution in [0.2, 0.25) is 5.02 Å². The second-order valence-electron chi connectivity index (χ2n) is 4.19. The van der Waals surface area contributed by atoms with Gasteiger partial charge in [0.05, 0.1) is 27.5 Å². The van der Waals surface area contributed by atoms with Crippen LogP contribution in [0, 0.1) is 0 Å². The van der Waals surface area contributed by atoms with Gasteiger partial charge < -0.3 is 10.1 Å². The third kappa shape index (κ3) is 2.13. The Bertz CT molecular complexity index is 746. The van der Waals surface area contributed by atoms with Crippen molar-refractivity contribution in [2.45, 2.75) is 6.42 Å². The molecule has 3 rings (SSSR count). The minimum Gasteiger partial charge on any atom is -0.481 e. The number of carboxylic acids is 1. The summed E-state index contributed by atoms with van der Waals surface area (Å²) in [7, 11) is 0. The van der Waals surface area contributed by atoms with Crippen LogP contribution < -0.4 is 0 Å². The molecule has 0 atom stereocenters. The van der Waals surface area contributed by atoms with E-state index in [4.69, 9.17) is 16.7 Å². The average Bonchev–Trinajstić information content (AvgIpc) is 2.97. The van der Waals surface area contributed by atoms with E-state index in [-0.39, 0.29) is 6.42 Å². The molecule has 0 bridgehead atoms. The summed E-state index contributed by atoms with van der Waals surface area (Å²) >= 11 is 7.74. The highest BCUT2D eigenvalue weighted by Crippen LogP contribution is 2.35. The zero-order valence-corrected chi connectivity index (χ0v) is 11.4. The van der Waals surface area contributed by atoms with Crippen LogP contribution in [0.4, 0.5) is 0 Å². The van der Waals surface area contributed by atoms with E-state index in [1.807, 2.05) is 29.6 Å². The second-order valence-corrected chi connectivity index (χ2v) is 5.54. The first-order valence-electron chi connectivity index (χ1n) is 5.71. The lowest BCUT2D eigenvalue weighted by atomic mass is 10.1. The van der Waals surface area contributed by atoms with E-state index in [0.29, 0.717) is 5.02 Å². The molecule has 2 heterocycles. The number of thiophene rings is 1. The smallest absolute Gasteiger partial charge is 0.307 e. The lowest BCUT2D eigenvalue weighted by Gasteiger charge is -1.99. The predicted octanol–water partition coefficient (Wildman–Crippen LogP) is 4.18. The third-order valence-corrected chi connectivity index (χ3v) is 4.19. The van der Waals surface area contributed by atoms with Gasteiger partial charge in [0.25, 0.3) is 0 Å². The first-order chi connectivity index (χ1) is 9.16. The van der Waals surface area contributed by atoms with Gasteiger partial charge in [0.2, 0.25) is 0 Å². The van der Waals surface area contributed by atoms with Crippen molar-refractivity contribution in [1.82, 2.24) is 4.98 Å². The Hall–Kier alpha value is -1.78. The quantitative estimate of drug-likeness (QED) is 0.760. The number of nitrogens with one attached hydrogen (secondary N) is 1. The van der Waals surface area contributed by atoms with Crippen LogP contribution in [0.3, 0.4) is 0 Å². The van der Waals surface area contributed by atoms with Crippen molar-refractivity contribution in [2.75, 3.05) is 0 Å². The molecule has 0 spiro atoms. The van der Waals surface area contributed by atoms with Crippen molar-refractivity contribution in [3.63, 3.8) is 0 Å². The monoisotopic (exact) mass is 291 g/mol. The number of hydrogen-bond acceptors (Lipinski definition) is 2. The SMILES string of the molecule is O=C(O)Cc1c(-c2cccs2)[nH]c2c(Cl)cccc12. The predicted molar refractivity (Wildman–Crippen MR) is 78.0 cm³/mol. The van der Waals surface area contributed by atoms with Crippen molar-refractivity contribution in [3.8, 4) is 10.6 Å². The summed E-state index contributed by atoms with van der Waals surface area (Å²) in [5, 5.41) is 12.5. The zero-order valence-electron chi connectivity index (χ0n) is 9.81. The fraction of sp³-hybridized carbons (Fsp3) is 0.0714. The number of H-pyrrole nitrogens is 1. The minimum atomic E-state index is -0.848. The number of para-hydroxylation sites is 1. The van der Waals surface area contributed by atoms with Gasteiger partial charge >= 0.3 is 5.97 Å². The number of fused-ring (bicyclic) bond motifs is 1. The summed E-state index contributed by atoms with van der Waals surface area (Å²) in [6.07, 6.45) is -0.0203. The molecule has 0 saturated heterocycles. The van der Waals surface area contributed by atoms with Gasteiger partial charge in [0.15, 0.2) is 0 Å². The molecule has 3 aromatic rings. The Morgan fingerprint density at radius 2 is 2.16 bits per heavy atom. The molecule has 0 aliphatic heterocycles. The molecule has 0 aliphatic rings. The highest BCUT2D eigenvalue weighted by Gasteiger charge is 2.17. The lowest BCUT2D eigenvalue weighted by Crippen LogP contribution is -2.00. The third-order valence-electron chi connectivity index (χ3n) is 2.99. The standard InChI is InChI=1S/C14H10ClNO2S/c15-10-4-1-3-8-9(7-12(17)18)14(16-13(8)10)11-5-2-6-19-11/h1-6,16H,7H2,(H,17,18). The van der Waals surface area contributed by atoms with E-state index in [1.165, 1.54) is 0 Å². The molecule has 5 heteroatoms. The van der Waals surface area contributed by atoms with Gasteiger partial charge in [-0.2, -0.15) is 0 Å². The minimum absolute atomic E-state index is 0.0203. The number of carboxylic acid groups (broad SMARTS) is 1. The molecule has 0 fully saturated rings. The molecular formula is C14H10ClNO2S. The van der Waals surface area contributed by atoms with E-state index in [9.17, 15) is 4.79 Å². The molecular weight excluding hydrogens is 282 g/mol. The van der Waals surface area contributed by atoms with E-state index < -0.39 is 5.97 Å². The summed E-state index contributed by atoms with van der Waals surface area (Å²) < 4.78 is 0. The maximum absolute atomic E-state index is 11.1. The van der Waals surface area contributed by atoms with Gasteiger partial charge in [-0.05, 0) is 23.1 Å². The normalized spacial score (nSPS) is 11.0. The second kappa shape index (κ2) is 4.72. The average molecular weight is 292 g/mol. The molecule has 96 valence electrons. The molecule has 2 N–H and O–H groups in total. The summed E-state index contributed by atoms with van der Waals surface area (Å²) in [6, 6.07) is 9.44. The zero-order chi connectivity index (χ0) is 13.4. The largest absolute Gasteiger partial charge is 0.481 e. The van der Waals surface area contributed by atoms with Crippen molar-refractivity contribution >= 4 is 39.8 Å². The van der Waals surface area contributed by atoms with Crippen LogP contribution in [0.15, 0.2) is 35.7 Å². The molecule has 2 aromatic heterocycles. The van der Waals surface area contributed by atoms with E-state index in [1.54, 1.807) is 17.4 Å². The Morgan fingerprint density at radius 3 is 2.84 bits per heavy atom. The van der Waals surface area contributed by atoms with Crippen LogP contribution >= 0.6 is 22.9 Å². The number of carbonyl (C=O) groups is 1. The van der Waals surface area contributed by atoms with Gasteiger partial charge in [0.1, 0.15) is 0 Å². The van der Waals surface area contributed by atoms with Gasteiger partial charge in [0, 0.05) is 5.39 Å². The van der Waals surface area contributed by atoms with Gasteiger partial charge in [-0.1, -0.05) is 29.8 Å². The van der Waals surface area contributed by atoms with E-state index in [0.717, 1.165) is 27.0 Å². The number of aromatic nitrogens is 1. The number of hydrogen-bond donors (Lipinski definition) is 2. The first kappa shape index (κ1) is 12.3. The molecule has 1 aromatic carbocycles. The van der Waals surface area contributed by atoms with Crippen LogP contribution in [0.1, 0.15) is 5.56 Å². The Morgan fingerprint density at radius 1 is 1.32 bits per heavy atom. The first-order valence-corrected chi connectivity index (χ1v) is 6.97. The topological polar surface area (TPSA) is 53.1 Å².